The maximum absolute atomic E-state index is 14.5. The second-order valence-corrected chi connectivity index (χ2v) is 8.28. The average Bonchev–Trinajstić information content (AvgIpc) is 3.28. The predicted octanol–water partition coefficient (Wildman–Crippen LogP) is 2.59. The first kappa shape index (κ1) is 21.7. The van der Waals surface area contributed by atoms with E-state index < -0.39 is 40.7 Å². The number of carbonyl (C=O) groups excluding carboxylic acids is 2. The molecule has 166 valence electrons. The number of phenolic OH excluding ortho intramolecular Hbond substituents is 1. The highest BCUT2D eigenvalue weighted by molar-refractivity contribution is 7.92. The van der Waals surface area contributed by atoms with E-state index in [4.69, 9.17) is 11.6 Å². The Bertz CT molecular complexity index is 1170. The first-order valence-electron chi connectivity index (χ1n) is 9.15. The largest absolute Gasteiger partial charge is 0.568 e. The molecule has 3 aromatic rings. The molecule has 0 aliphatic carbocycles. The first-order valence-corrected chi connectivity index (χ1v) is 10.6. The van der Waals surface area contributed by atoms with Crippen molar-refractivity contribution in [2.45, 2.75) is 6.54 Å². The van der Waals surface area contributed by atoms with Crippen LogP contribution in [0.25, 0.3) is 0 Å². The molecular formula is C19H16ClFN6O4S. The number of hydrogen-bond acceptors (Lipinski definition) is 6. The zero-order chi connectivity index (χ0) is 22.8. The van der Waals surface area contributed by atoms with E-state index >= 15 is 0 Å². The maximum atomic E-state index is 14.5. The van der Waals surface area contributed by atoms with E-state index in [1.54, 1.807) is 16.9 Å². The maximum Gasteiger partial charge on any atom is 0.323 e. The van der Waals surface area contributed by atoms with E-state index in [1.165, 1.54) is 6.20 Å². The summed E-state index contributed by atoms with van der Waals surface area (Å²) in [5.41, 5.74) is 0.783. The molecule has 2 aromatic carbocycles. The summed E-state index contributed by atoms with van der Waals surface area (Å²) in [6.07, 6.45) is 3.03. The Morgan fingerprint density at radius 1 is 1.31 bits per heavy atom. The third-order valence-electron chi connectivity index (χ3n) is 4.42. The van der Waals surface area contributed by atoms with Gasteiger partial charge in [0.05, 0.1) is 18.4 Å². The number of halogens is 2. The van der Waals surface area contributed by atoms with Crippen LogP contribution in [0.4, 0.5) is 26.2 Å². The minimum Gasteiger partial charge on any atom is -0.568 e. The van der Waals surface area contributed by atoms with E-state index in [0.29, 0.717) is 17.3 Å². The molecule has 1 aliphatic rings. The minimum atomic E-state index is -2.00. The van der Waals surface area contributed by atoms with Crippen molar-refractivity contribution in [1.29, 1.82) is 0 Å². The topological polar surface area (TPSA) is 135 Å². The van der Waals surface area contributed by atoms with E-state index in [9.17, 15) is 23.6 Å². The number of benzene rings is 2. The molecule has 1 fully saturated rings. The Labute approximate surface area is 189 Å². The summed E-state index contributed by atoms with van der Waals surface area (Å²) in [7, 11) is 0. The molecule has 2 heterocycles. The fourth-order valence-electron chi connectivity index (χ4n) is 3.05. The van der Waals surface area contributed by atoms with E-state index in [-0.39, 0.29) is 12.2 Å². The van der Waals surface area contributed by atoms with Crippen molar-refractivity contribution < 1.29 is 23.6 Å². The highest BCUT2D eigenvalue weighted by Crippen LogP contribution is 2.36. The van der Waals surface area contributed by atoms with Gasteiger partial charge in [0, 0.05) is 29.0 Å². The van der Waals surface area contributed by atoms with Crippen LogP contribution in [0.1, 0.15) is 5.56 Å². The van der Waals surface area contributed by atoms with Crippen molar-refractivity contribution >= 4 is 52.1 Å². The van der Waals surface area contributed by atoms with Gasteiger partial charge in [0.25, 0.3) is 5.91 Å². The number of phenols is 1. The summed E-state index contributed by atoms with van der Waals surface area (Å²) in [6.45, 7) is 0.0291. The number of amides is 3. The number of carbonyl (C=O) groups is 2. The number of anilines is 3. The van der Waals surface area contributed by atoms with Crippen LogP contribution in [0.3, 0.4) is 0 Å². The van der Waals surface area contributed by atoms with Crippen LogP contribution in [0.15, 0.2) is 48.8 Å². The third-order valence-corrected chi connectivity index (χ3v) is 5.90. The lowest BCUT2D eigenvalue weighted by atomic mass is 10.2. The molecule has 0 bridgehead atoms. The van der Waals surface area contributed by atoms with Crippen LogP contribution < -0.4 is 19.7 Å². The van der Waals surface area contributed by atoms with E-state index in [1.807, 2.05) is 18.2 Å². The summed E-state index contributed by atoms with van der Waals surface area (Å²) < 4.78 is 30.9. The van der Waals surface area contributed by atoms with Gasteiger partial charge < -0.3 is 20.3 Å². The lowest BCUT2D eigenvalue weighted by Crippen LogP contribution is -2.30. The SMILES string of the molecule is O=C1CN(c2c(O)cc(NC(=O)Nc3cnn(Cc4ccccc4Cl)c3)cc2F)[S+]([O-])N1. The monoisotopic (exact) mass is 478 g/mol. The van der Waals surface area contributed by atoms with Gasteiger partial charge in [0.15, 0.2) is 29.6 Å². The van der Waals surface area contributed by atoms with Gasteiger partial charge in [0.2, 0.25) is 0 Å². The van der Waals surface area contributed by atoms with Crippen LogP contribution in [0.5, 0.6) is 5.75 Å². The molecule has 1 atom stereocenters. The van der Waals surface area contributed by atoms with Gasteiger partial charge in [-0.25, -0.2) is 9.18 Å². The molecule has 0 spiro atoms. The minimum absolute atomic E-state index is 0.0472. The zero-order valence-electron chi connectivity index (χ0n) is 16.2. The first-order chi connectivity index (χ1) is 15.3. The molecule has 0 saturated carbocycles. The van der Waals surface area contributed by atoms with Crippen molar-refractivity contribution in [1.82, 2.24) is 14.5 Å². The molecule has 1 saturated heterocycles. The molecule has 1 aliphatic heterocycles. The van der Waals surface area contributed by atoms with E-state index in [2.05, 4.69) is 20.5 Å². The van der Waals surface area contributed by atoms with Crippen LogP contribution in [0.2, 0.25) is 5.02 Å². The molecule has 1 unspecified atom stereocenters. The summed E-state index contributed by atoms with van der Waals surface area (Å²) in [5, 5.41) is 19.8. The fraction of sp³-hybridized carbons (Fsp3) is 0.105. The van der Waals surface area contributed by atoms with Gasteiger partial charge >= 0.3 is 6.03 Å². The molecule has 4 rings (SSSR count). The van der Waals surface area contributed by atoms with Crippen LogP contribution in [-0.2, 0) is 22.9 Å². The highest BCUT2D eigenvalue weighted by atomic mass is 35.5. The van der Waals surface area contributed by atoms with Crippen LogP contribution in [0, 0.1) is 5.82 Å². The summed E-state index contributed by atoms with van der Waals surface area (Å²) in [5.74, 6) is -2.12. The number of aromatic hydroxyl groups is 1. The molecule has 0 radical (unpaired) electrons. The van der Waals surface area contributed by atoms with Crippen LogP contribution in [-0.4, -0.2) is 37.9 Å². The Kier molecular flexibility index (Phi) is 6.08. The molecule has 32 heavy (non-hydrogen) atoms. The lowest BCUT2D eigenvalue weighted by molar-refractivity contribution is -0.117. The van der Waals surface area contributed by atoms with Gasteiger partial charge in [-0.3, -0.25) is 9.48 Å². The lowest BCUT2D eigenvalue weighted by Gasteiger charge is -2.18. The molecule has 4 N–H and O–H groups in total. The molecule has 13 heteroatoms. The molecule has 10 nitrogen and oxygen atoms in total. The predicted molar refractivity (Wildman–Crippen MR) is 117 cm³/mol. The Morgan fingerprint density at radius 2 is 2.06 bits per heavy atom. The Morgan fingerprint density at radius 3 is 2.75 bits per heavy atom. The number of nitrogens with zero attached hydrogens (tertiary/aromatic N) is 3. The van der Waals surface area contributed by atoms with Crippen LogP contribution >= 0.6 is 11.6 Å². The smallest absolute Gasteiger partial charge is 0.323 e. The van der Waals surface area contributed by atoms with Gasteiger partial charge in [-0.1, -0.05) is 29.8 Å². The average molecular weight is 479 g/mol. The number of nitrogens with one attached hydrogen (secondary N) is 3. The Balaban J connectivity index is 1.41. The van der Waals surface area contributed by atoms with Gasteiger partial charge in [-0.05, 0) is 11.6 Å². The molecule has 1 aromatic heterocycles. The number of aromatic nitrogens is 2. The van der Waals surface area contributed by atoms with Gasteiger partial charge in [0.1, 0.15) is 5.75 Å². The molecule has 3 amide bonds. The summed E-state index contributed by atoms with van der Waals surface area (Å²) >= 11 is 4.13. The highest BCUT2D eigenvalue weighted by Gasteiger charge is 2.37. The third kappa shape index (κ3) is 4.72. The summed E-state index contributed by atoms with van der Waals surface area (Å²) in [4.78, 5) is 23.6. The Hall–Kier alpha value is -3.48. The van der Waals surface area contributed by atoms with Crippen molar-refractivity contribution in [3.63, 3.8) is 0 Å². The van der Waals surface area contributed by atoms with Gasteiger partial charge in [-0.2, -0.15) is 9.40 Å². The number of rotatable bonds is 5. The standard InChI is InChI=1S/C19H16ClFN6O4S/c20-14-4-2-1-3-11(14)8-26-9-13(7-22-26)24-19(30)23-12-5-15(21)18(16(28)6-12)27-10-17(29)25-32(27)31/h1-7,9,28H,8,10H2,(H,25,29)(H2,23,24,30). The van der Waals surface area contributed by atoms with Crippen molar-refractivity contribution in [3.05, 3.63) is 65.2 Å². The second kappa shape index (κ2) is 8.94. The van der Waals surface area contributed by atoms with Crippen molar-refractivity contribution in [2.24, 2.45) is 0 Å². The normalized spacial score (nSPS) is 15.5. The molecular weight excluding hydrogens is 463 g/mol. The number of hydrogen-bond donors (Lipinski definition) is 4. The quantitative estimate of drug-likeness (QED) is 0.416. The zero-order valence-corrected chi connectivity index (χ0v) is 17.8. The number of urea groups is 1. The fourth-order valence-corrected chi connectivity index (χ4v) is 4.19. The van der Waals surface area contributed by atoms with E-state index in [0.717, 1.165) is 22.0 Å². The van der Waals surface area contributed by atoms with Crippen molar-refractivity contribution in [3.8, 4) is 5.75 Å². The van der Waals surface area contributed by atoms with Crippen molar-refractivity contribution in [2.75, 3.05) is 21.5 Å². The summed E-state index contributed by atoms with van der Waals surface area (Å²) in [6, 6.07) is 8.62. The van der Waals surface area contributed by atoms with Gasteiger partial charge in [-0.15, -0.1) is 4.72 Å². The second-order valence-electron chi connectivity index (χ2n) is 6.73.